The number of rotatable bonds is 6. The minimum absolute atomic E-state index is 0.0888. The van der Waals surface area contributed by atoms with Crippen LogP contribution in [0.3, 0.4) is 0 Å². The molecule has 20 heavy (non-hydrogen) atoms. The molecule has 0 saturated heterocycles. The maximum Gasteiger partial charge on any atom is 0.329 e. The summed E-state index contributed by atoms with van der Waals surface area (Å²) in [6.07, 6.45) is 0. The molecule has 8 nitrogen and oxygen atoms in total. The number of benzene rings is 1. The SMILES string of the molecule is CC(=O)NC(COc1c(Br)cccc1[N+](=O)[O-])C(=O)O. The average molecular weight is 347 g/mol. The van der Waals surface area contributed by atoms with Gasteiger partial charge in [0.25, 0.3) is 0 Å². The molecule has 0 heterocycles. The van der Waals surface area contributed by atoms with E-state index >= 15 is 0 Å². The number of ether oxygens (including phenoxy) is 1. The Labute approximate surface area is 122 Å². The molecule has 0 fully saturated rings. The minimum Gasteiger partial charge on any atom is -0.483 e. The van der Waals surface area contributed by atoms with Crippen LogP contribution in [-0.4, -0.2) is 34.6 Å². The topological polar surface area (TPSA) is 119 Å². The first-order valence-electron chi connectivity index (χ1n) is 5.38. The van der Waals surface area contributed by atoms with E-state index in [2.05, 4.69) is 21.2 Å². The van der Waals surface area contributed by atoms with Gasteiger partial charge in [0.05, 0.1) is 9.40 Å². The first-order chi connectivity index (χ1) is 9.32. The molecule has 0 aliphatic heterocycles. The molecule has 0 aliphatic carbocycles. The lowest BCUT2D eigenvalue weighted by molar-refractivity contribution is -0.386. The van der Waals surface area contributed by atoms with Crippen LogP contribution in [0.25, 0.3) is 0 Å². The molecule has 1 rings (SSSR count). The van der Waals surface area contributed by atoms with Crippen molar-refractivity contribution >= 4 is 33.5 Å². The highest BCUT2D eigenvalue weighted by atomic mass is 79.9. The first-order valence-corrected chi connectivity index (χ1v) is 6.18. The van der Waals surface area contributed by atoms with Crippen molar-refractivity contribution < 1.29 is 24.4 Å². The number of amides is 1. The van der Waals surface area contributed by atoms with Crippen molar-refractivity contribution in [2.75, 3.05) is 6.61 Å². The Morgan fingerprint density at radius 3 is 2.70 bits per heavy atom. The van der Waals surface area contributed by atoms with Gasteiger partial charge in [0.1, 0.15) is 6.61 Å². The fourth-order valence-corrected chi connectivity index (χ4v) is 1.84. The third-order valence-corrected chi connectivity index (χ3v) is 2.84. The van der Waals surface area contributed by atoms with Gasteiger partial charge in [-0.25, -0.2) is 4.79 Å². The molecule has 0 aromatic heterocycles. The van der Waals surface area contributed by atoms with Gasteiger partial charge in [0.15, 0.2) is 6.04 Å². The molecule has 9 heteroatoms. The van der Waals surface area contributed by atoms with Crippen LogP contribution in [0.4, 0.5) is 5.69 Å². The first kappa shape index (κ1) is 15.9. The summed E-state index contributed by atoms with van der Waals surface area (Å²) >= 11 is 3.09. The fourth-order valence-electron chi connectivity index (χ4n) is 1.37. The van der Waals surface area contributed by atoms with Crippen molar-refractivity contribution in [2.24, 2.45) is 0 Å². The third-order valence-electron chi connectivity index (χ3n) is 2.21. The van der Waals surface area contributed by atoms with Crippen molar-refractivity contribution in [1.29, 1.82) is 0 Å². The summed E-state index contributed by atoms with van der Waals surface area (Å²) in [7, 11) is 0. The average Bonchev–Trinajstić information content (AvgIpc) is 2.34. The molecule has 1 atom stereocenters. The number of aliphatic carboxylic acids is 1. The van der Waals surface area contributed by atoms with Gasteiger partial charge < -0.3 is 15.2 Å². The van der Waals surface area contributed by atoms with Gasteiger partial charge in [-0.05, 0) is 22.0 Å². The number of nitrogens with one attached hydrogen (secondary N) is 1. The molecule has 0 spiro atoms. The summed E-state index contributed by atoms with van der Waals surface area (Å²) in [6.45, 7) is 0.731. The van der Waals surface area contributed by atoms with Crippen LogP contribution in [0, 0.1) is 10.1 Å². The van der Waals surface area contributed by atoms with E-state index in [1.807, 2.05) is 0 Å². The molecular formula is C11H11BrN2O6. The van der Waals surface area contributed by atoms with Crippen LogP contribution in [0.15, 0.2) is 22.7 Å². The highest BCUT2D eigenvalue weighted by Gasteiger charge is 2.23. The van der Waals surface area contributed by atoms with E-state index in [-0.39, 0.29) is 11.4 Å². The Balaban J connectivity index is 2.90. The monoisotopic (exact) mass is 346 g/mol. The van der Waals surface area contributed by atoms with Gasteiger partial charge in [-0.2, -0.15) is 0 Å². The Bertz CT molecular complexity index is 548. The molecular weight excluding hydrogens is 336 g/mol. The summed E-state index contributed by atoms with van der Waals surface area (Å²) in [5, 5.41) is 21.9. The van der Waals surface area contributed by atoms with Crippen molar-refractivity contribution in [3.05, 3.63) is 32.8 Å². The number of halogens is 1. The number of nitro benzene ring substituents is 1. The number of hydrogen-bond donors (Lipinski definition) is 2. The molecule has 108 valence electrons. The molecule has 1 amide bonds. The van der Waals surface area contributed by atoms with E-state index in [0.717, 1.165) is 6.92 Å². The third kappa shape index (κ3) is 4.19. The second-order valence-corrected chi connectivity index (χ2v) is 4.60. The smallest absolute Gasteiger partial charge is 0.329 e. The number of carboxylic acid groups (broad SMARTS) is 1. The quantitative estimate of drug-likeness (QED) is 0.592. The lowest BCUT2D eigenvalue weighted by atomic mass is 10.3. The Morgan fingerprint density at radius 2 is 2.20 bits per heavy atom. The number of para-hydroxylation sites is 1. The van der Waals surface area contributed by atoms with Gasteiger partial charge in [0.2, 0.25) is 11.7 Å². The van der Waals surface area contributed by atoms with Crippen LogP contribution >= 0.6 is 15.9 Å². The number of hydrogen-bond acceptors (Lipinski definition) is 5. The normalized spacial score (nSPS) is 11.5. The lowest BCUT2D eigenvalue weighted by Gasteiger charge is -2.15. The molecule has 2 N–H and O–H groups in total. The largest absolute Gasteiger partial charge is 0.483 e. The minimum atomic E-state index is -1.30. The van der Waals surface area contributed by atoms with Crippen LogP contribution in [0.2, 0.25) is 0 Å². The van der Waals surface area contributed by atoms with Crippen LogP contribution in [0.5, 0.6) is 5.75 Å². The Kier molecular flexibility index (Phi) is 5.44. The van der Waals surface area contributed by atoms with Crippen molar-refractivity contribution in [2.45, 2.75) is 13.0 Å². The number of carboxylic acids is 1. The van der Waals surface area contributed by atoms with E-state index in [0.29, 0.717) is 4.47 Å². The molecule has 1 aromatic rings. The number of nitrogens with zero attached hydrogens (tertiary/aromatic N) is 1. The predicted octanol–water partition coefficient (Wildman–Crippen LogP) is 1.33. The Hall–Kier alpha value is -2.16. The number of nitro groups is 1. The fraction of sp³-hybridized carbons (Fsp3) is 0.273. The van der Waals surface area contributed by atoms with E-state index in [4.69, 9.17) is 9.84 Å². The second-order valence-electron chi connectivity index (χ2n) is 3.75. The van der Waals surface area contributed by atoms with E-state index in [1.165, 1.54) is 18.2 Å². The van der Waals surface area contributed by atoms with Gasteiger partial charge in [-0.3, -0.25) is 14.9 Å². The highest BCUT2D eigenvalue weighted by molar-refractivity contribution is 9.10. The van der Waals surface area contributed by atoms with Crippen molar-refractivity contribution in [3.63, 3.8) is 0 Å². The van der Waals surface area contributed by atoms with Crippen molar-refractivity contribution in [1.82, 2.24) is 5.32 Å². The van der Waals surface area contributed by atoms with Gasteiger partial charge in [-0.1, -0.05) is 6.07 Å². The molecule has 1 aromatic carbocycles. The lowest BCUT2D eigenvalue weighted by Crippen LogP contribution is -2.43. The molecule has 0 saturated carbocycles. The zero-order chi connectivity index (χ0) is 15.3. The van der Waals surface area contributed by atoms with Crippen LogP contribution < -0.4 is 10.1 Å². The summed E-state index contributed by atoms with van der Waals surface area (Å²) in [6, 6.07) is 2.92. The predicted molar refractivity (Wildman–Crippen MR) is 71.5 cm³/mol. The van der Waals surface area contributed by atoms with E-state index < -0.39 is 29.4 Å². The molecule has 0 bridgehead atoms. The molecule has 0 aliphatic rings. The van der Waals surface area contributed by atoms with Gasteiger partial charge >= 0.3 is 11.7 Å². The van der Waals surface area contributed by atoms with E-state index in [1.54, 1.807) is 0 Å². The molecule has 0 radical (unpaired) electrons. The zero-order valence-corrected chi connectivity index (χ0v) is 11.9. The Morgan fingerprint density at radius 1 is 1.55 bits per heavy atom. The van der Waals surface area contributed by atoms with Gasteiger partial charge in [0, 0.05) is 13.0 Å². The van der Waals surface area contributed by atoms with E-state index in [9.17, 15) is 19.7 Å². The summed E-state index contributed by atoms with van der Waals surface area (Å²) < 4.78 is 5.49. The van der Waals surface area contributed by atoms with Crippen LogP contribution in [0.1, 0.15) is 6.92 Å². The standard InChI is InChI=1S/C11H11BrN2O6/c1-6(15)13-8(11(16)17)5-20-10-7(12)3-2-4-9(10)14(18)19/h2-4,8H,5H2,1H3,(H,13,15)(H,16,17). The maximum atomic E-state index is 10.9. The maximum absolute atomic E-state index is 10.9. The number of carbonyl (C=O) groups is 2. The zero-order valence-electron chi connectivity index (χ0n) is 10.3. The van der Waals surface area contributed by atoms with Crippen LogP contribution in [-0.2, 0) is 9.59 Å². The second kappa shape index (κ2) is 6.85. The summed E-state index contributed by atoms with van der Waals surface area (Å²) in [4.78, 5) is 32.0. The number of carbonyl (C=O) groups excluding carboxylic acids is 1. The summed E-state index contributed by atoms with van der Waals surface area (Å²) in [5.74, 6) is -1.92. The highest BCUT2D eigenvalue weighted by Crippen LogP contribution is 2.34. The summed E-state index contributed by atoms with van der Waals surface area (Å²) in [5.41, 5.74) is -0.300. The molecule has 1 unspecified atom stereocenters. The van der Waals surface area contributed by atoms with Crippen molar-refractivity contribution in [3.8, 4) is 5.75 Å². The van der Waals surface area contributed by atoms with Gasteiger partial charge in [-0.15, -0.1) is 0 Å².